The minimum atomic E-state index is -4.38. The Balaban J connectivity index is 2.44. The van der Waals surface area contributed by atoms with E-state index in [4.69, 9.17) is 4.74 Å². The second-order valence-electron chi connectivity index (χ2n) is 4.01. The zero-order chi connectivity index (χ0) is 14.8. The largest absolute Gasteiger partial charge is 0.481 e. The number of pyridine rings is 1. The molecule has 0 radical (unpaired) electrons. The van der Waals surface area contributed by atoms with Gasteiger partial charge in [-0.1, -0.05) is 12.1 Å². The van der Waals surface area contributed by atoms with Crippen molar-refractivity contribution in [1.82, 2.24) is 4.98 Å². The summed E-state index contributed by atoms with van der Waals surface area (Å²) in [5.74, 6) is 0.266. The van der Waals surface area contributed by atoms with Gasteiger partial charge in [0.1, 0.15) is 0 Å². The maximum Gasteiger partial charge on any atom is 0.416 e. The van der Waals surface area contributed by atoms with Crippen molar-refractivity contribution < 1.29 is 22.7 Å². The molecule has 0 aliphatic carbocycles. The normalized spacial score (nSPS) is 11.2. The minimum Gasteiger partial charge on any atom is -0.481 e. The van der Waals surface area contributed by atoms with Crippen LogP contribution in [0.5, 0.6) is 5.88 Å². The monoisotopic (exact) mass is 281 g/mol. The molecule has 1 aromatic heterocycles. The summed E-state index contributed by atoms with van der Waals surface area (Å²) >= 11 is 0. The molecule has 2 rings (SSSR count). The Morgan fingerprint density at radius 3 is 2.35 bits per heavy atom. The molecule has 104 valence electrons. The molecular formula is C14H10F3NO2. The fourth-order valence-electron chi connectivity index (χ4n) is 1.74. The van der Waals surface area contributed by atoms with Gasteiger partial charge >= 0.3 is 6.18 Å². The van der Waals surface area contributed by atoms with Gasteiger partial charge in [-0.3, -0.25) is 4.79 Å². The first-order valence-electron chi connectivity index (χ1n) is 5.62. The molecule has 1 heterocycles. The van der Waals surface area contributed by atoms with Crippen LogP contribution in [-0.4, -0.2) is 18.4 Å². The maximum absolute atomic E-state index is 12.5. The highest BCUT2D eigenvalue weighted by atomic mass is 19.4. The number of hydrogen-bond acceptors (Lipinski definition) is 3. The van der Waals surface area contributed by atoms with E-state index in [9.17, 15) is 18.0 Å². The van der Waals surface area contributed by atoms with E-state index in [0.717, 1.165) is 12.1 Å². The Bertz CT molecular complexity index is 621. The van der Waals surface area contributed by atoms with E-state index >= 15 is 0 Å². The quantitative estimate of drug-likeness (QED) is 0.807. The van der Waals surface area contributed by atoms with Crippen LogP contribution in [0.4, 0.5) is 13.2 Å². The third-order valence-corrected chi connectivity index (χ3v) is 2.77. The molecule has 0 spiro atoms. The average molecular weight is 281 g/mol. The third-order valence-electron chi connectivity index (χ3n) is 2.77. The van der Waals surface area contributed by atoms with Crippen LogP contribution >= 0.6 is 0 Å². The maximum atomic E-state index is 12.5. The summed E-state index contributed by atoms with van der Waals surface area (Å²) in [6, 6.07) is 5.97. The summed E-state index contributed by atoms with van der Waals surface area (Å²) in [5, 5.41) is 0. The lowest BCUT2D eigenvalue weighted by atomic mass is 10.0. The van der Waals surface area contributed by atoms with Gasteiger partial charge in [-0.2, -0.15) is 13.2 Å². The van der Waals surface area contributed by atoms with Gasteiger partial charge in [0, 0.05) is 23.4 Å². The fourth-order valence-corrected chi connectivity index (χ4v) is 1.74. The second-order valence-corrected chi connectivity index (χ2v) is 4.01. The molecule has 0 unspecified atom stereocenters. The number of benzene rings is 1. The van der Waals surface area contributed by atoms with Gasteiger partial charge in [0.2, 0.25) is 5.88 Å². The first kappa shape index (κ1) is 14.0. The van der Waals surface area contributed by atoms with Crippen molar-refractivity contribution in [3.8, 4) is 17.0 Å². The van der Waals surface area contributed by atoms with E-state index in [1.807, 2.05) is 0 Å². The molecule has 0 bridgehead atoms. The van der Waals surface area contributed by atoms with Crippen molar-refractivity contribution in [1.29, 1.82) is 0 Å². The van der Waals surface area contributed by atoms with Crippen LogP contribution < -0.4 is 4.74 Å². The van der Waals surface area contributed by atoms with Gasteiger partial charge in [-0.15, -0.1) is 0 Å². The van der Waals surface area contributed by atoms with Crippen LogP contribution in [0.25, 0.3) is 11.1 Å². The number of carbonyl (C=O) groups excluding carboxylic acids is 1. The zero-order valence-corrected chi connectivity index (χ0v) is 10.4. The number of methoxy groups -OCH3 is 1. The number of alkyl halides is 3. The predicted octanol–water partition coefficient (Wildman–Crippen LogP) is 3.59. The lowest BCUT2D eigenvalue weighted by Gasteiger charge is -2.09. The molecule has 0 fully saturated rings. The molecule has 3 nitrogen and oxygen atoms in total. The molecule has 0 atom stereocenters. The highest BCUT2D eigenvalue weighted by molar-refractivity contribution is 5.87. The summed E-state index contributed by atoms with van der Waals surface area (Å²) < 4.78 is 42.3. The van der Waals surface area contributed by atoms with E-state index in [0.29, 0.717) is 23.0 Å². The Morgan fingerprint density at radius 1 is 1.20 bits per heavy atom. The topological polar surface area (TPSA) is 39.2 Å². The molecule has 0 amide bonds. The first-order valence-corrected chi connectivity index (χ1v) is 5.62. The number of halogens is 3. The Kier molecular flexibility index (Phi) is 3.74. The SMILES string of the molecule is COc1cc(C=O)c(-c2ccc(C(F)(F)F)cc2)cn1. The third kappa shape index (κ3) is 2.79. The van der Waals surface area contributed by atoms with Crippen molar-refractivity contribution in [2.24, 2.45) is 0 Å². The minimum absolute atomic E-state index is 0.266. The summed E-state index contributed by atoms with van der Waals surface area (Å²) in [6.45, 7) is 0. The van der Waals surface area contributed by atoms with Crippen LogP contribution in [0.2, 0.25) is 0 Å². The number of nitrogens with zero attached hydrogens (tertiary/aromatic N) is 1. The highest BCUT2D eigenvalue weighted by Gasteiger charge is 2.30. The fraction of sp³-hybridized carbons (Fsp3) is 0.143. The first-order chi connectivity index (χ1) is 9.45. The highest BCUT2D eigenvalue weighted by Crippen LogP contribution is 2.31. The summed E-state index contributed by atoms with van der Waals surface area (Å²) in [5.41, 5.74) is 0.497. The lowest BCUT2D eigenvalue weighted by molar-refractivity contribution is -0.137. The van der Waals surface area contributed by atoms with Gasteiger partial charge in [0.25, 0.3) is 0 Å². The van der Waals surface area contributed by atoms with Crippen LogP contribution in [0, 0.1) is 0 Å². The standard InChI is InChI=1S/C14H10F3NO2/c1-20-13-6-10(8-19)12(7-18-13)9-2-4-11(5-3-9)14(15,16)17/h2-8H,1H3. The van der Waals surface area contributed by atoms with Gasteiger partial charge in [0.15, 0.2) is 6.29 Å². The zero-order valence-electron chi connectivity index (χ0n) is 10.4. The number of hydrogen-bond donors (Lipinski definition) is 0. The van der Waals surface area contributed by atoms with Crippen LogP contribution in [0.15, 0.2) is 36.5 Å². The van der Waals surface area contributed by atoms with E-state index in [-0.39, 0.29) is 5.88 Å². The summed E-state index contributed by atoms with van der Waals surface area (Å²) in [6.07, 6.45) is -2.38. The molecule has 0 saturated heterocycles. The predicted molar refractivity (Wildman–Crippen MR) is 66.6 cm³/mol. The Morgan fingerprint density at radius 2 is 1.85 bits per heavy atom. The molecule has 0 aliphatic rings. The van der Waals surface area contributed by atoms with E-state index in [2.05, 4.69) is 4.98 Å². The van der Waals surface area contributed by atoms with Crippen LogP contribution in [0.3, 0.4) is 0 Å². The molecule has 0 saturated carbocycles. The summed E-state index contributed by atoms with van der Waals surface area (Å²) in [4.78, 5) is 15.0. The molecule has 0 aliphatic heterocycles. The van der Waals surface area contributed by atoms with Crippen molar-refractivity contribution in [2.45, 2.75) is 6.18 Å². The van der Waals surface area contributed by atoms with Gasteiger partial charge in [-0.25, -0.2) is 4.98 Å². The number of aromatic nitrogens is 1. The molecule has 1 aromatic carbocycles. The number of carbonyl (C=O) groups is 1. The van der Waals surface area contributed by atoms with Crippen LogP contribution in [0.1, 0.15) is 15.9 Å². The van der Waals surface area contributed by atoms with E-state index < -0.39 is 11.7 Å². The second kappa shape index (κ2) is 5.32. The number of rotatable bonds is 3. The molecule has 2 aromatic rings. The smallest absolute Gasteiger partial charge is 0.416 e. The van der Waals surface area contributed by atoms with Crippen LogP contribution in [-0.2, 0) is 6.18 Å². The average Bonchev–Trinajstić information content (AvgIpc) is 2.45. The van der Waals surface area contributed by atoms with Crippen molar-refractivity contribution in [2.75, 3.05) is 7.11 Å². The van der Waals surface area contributed by atoms with Crippen molar-refractivity contribution in [3.05, 3.63) is 47.7 Å². The molecule has 0 N–H and O–H groups in total. The molecule has 20 heavy (non-hydrogen) atoms. The molecule has 6 heteroatoms. The van der Waals surface area contributed by atoms with E-state index in [1.165, 1.54) is 31.5 Å². The van der Waals surface area contributed by atoms with Crippen molar-refractivity contribution in [3.63, 3.8) is 0 Å². The molecular weight excluding hydrogens is 271 g/mol. The van der Waals surface area contributed by atoms with Gasteiger partial charge in [0.05, 0.1) is 12.7 Å². The number of ether oxygens (including phenoxy) is 1. The van der Waals surface area contributed by atoms with Gasteiger partial charge < -0.3 is 4.74 Å². The van der Waals surface area contributed by atoms with Gasteiger partial charge in [-0.05, 0) is 17.7 Å². The van der Waals surface area contributed by atoms with E-state index in [1.54, 1.807) is 0 Å². The Labute approximate surface area is 113 Å². The Hall–Kier alpha value is -2.37. The summed E-state index contributed by atoms with van der Waals surface area (Å²) in [7, 11) is 1.41. The lowest BCUT2D eigenvalue weighted by Crippen LogP contribution is -2.04. The van der Waals surface area contributed by atoms with Crippen molar-refractivity contribution >= 4 is 6.29 Å². The number of aldehydes is 1.